The van der Waals surface area contributed by atoms with Crippen LogP contribution in [0.2, 0.25) is 0 Å². The number of nitrogens with zero attached hydrogens (tertiary/aromatic N) is 1. The lowest BCUT2D eigenvalue weighted by atomic mass is 9.70. The zero-order chi connectivity index (χ0) is 13.9. The van der Waals surface area contributed by atoms with Gasteiger partial charge in [0.15, 0.2) is 0 Å². The second-order valence-corrected chi connectivity index (χ2v) is 7.46. The summed E-state index contributed by atoms with van der Waals surface area (Å²) in [5, 5.41) is 0. The average Bonchev–Trinajstić information content (AvgIpc) is 2.65. The molecule has 2 rings (SSSR count). The first kappa shape index (κ1) is 15.3. The van der Waals surface area contributed by atoms with Gasteiger partial charge in [0, 0.05) is 11.6 Å². The maximum absolute atomic E-state index is 6.83. The Hall–Kier alpha value is -0.0800. The Kier molecular flexibility index (Phi) is 5.30. The Morgan fingerprint density at radius 2 is 1.47 bits per heavy atom. The maximum atomic E-state index is 6.83. The van der Waals surface area contributed by atoms with Gasteiger partial charge in [-0.25, -0.2) is 0 Å². The average molecular weight is 266 g/mol. The predicted octanol–water partition coefficient (Wildman–Crippen LogP) is 3.79. The minimum atomic E-state index is 0.280. The Morgan fingerprint density at radius 1 is 0.947 bits per heavy atom. The van der Waals surface area contributed by atoms with E-state index in [4.69, 9.17) is 5.73 Å². The standard InChI is InChI=1S/C17H34N2/c1-14-8-10-15(11-9-14)16(18)17(19(2)3)12-6-4-5-7-13-17/h14-16H,4-13,18H2,1-3H3. The summed E-state index contributed by atoms with van der Waals surface area (Å²) >= 11 is 0. The Bertz CT molecular complexity index is 258. The van der Waals surface area contributed by atoms with E-state index in [2.05, 4.69) is 25.9 Å². The van der Waals surface area contributed by atoms with Crippen molar-refractivity contribution in [3.63, 3.8) is 0 Å². The van der Waals surface area contributed by atoms with Gasteiger partial charge in [-0.05, 0) is 51.6 Å². The summed E-state index contributed by atoms with van der Waals surface area (Å²) < 4.78 is 0. The molecule has 0 amide bonds. The molecule has 0 aromatic carbocycles. The molecule has 0 heterocycles. The molecular formula is C17H34N2. The van der Waals surface area contributed by atoms with E-state index in [0.29, 0.717) is 6.04 Å². The van der Waals surface area contributed by atoms with Crippen molar-refractivity contribution in [3.8, 4) is 0 Å². The fraction of sp³-hybridized carbons (Fsp3) is 1.00. The quantitative estimate of drug-likeness (QED) is 0.787. The lowest BCUT2D eigenvalue weighted by Gasteiger charge is -2.48. The van der Waals surface area contributed by atoms with Crippen molar-refractivity contribution in [1.29, 1.82) is 0 Å². The van der Waals surface area contributed by atoms with E-state index < -0.39 is 0 Å². The molecule has 0 radical (unpaired) electrons. The minimum Gasteiger partial charge on any atom is -0.326 e. The molecule has 0 aliphatic heterocycles. The summed E-state index contributed by atoms with van der Waals surface area (Å²) in [6, 6.07) is 0.382. The fourth-order valence-corrected chi connectivity index (χ4v) is 4.50. The van der Waals surface area contributed by atoms with Crippen LogP contribution in [0.5, 0.6) is 0 Å². The van der Waals surface area contributed by atoms with Gasteiger partial charge in [-0.3, -0.25) is 0 Å². The molecule has 0 bridgehead atoms. The number of hydrogen-bond acceptors (Lipinski definition) is 2. The molecule has 0 aromatic heterocycles. The van der Waals surface area contributed by atoms with Gasteiger partial charge in [0.2, 0.25) is 0 Å². The summed E-state index contributed by atoms with van der Waals surface area (Å²) in [6.07, 6.45) is 13.7. The molecule has 19 heavy (non-hydrogen) atoms. The predicted molar refractivity (Wildman–Crippen MR) is 83.2 cm³/mol. The number of nitrogens with two attached hydrogens (primary N) is 1. The highest BCUT2D eigenvalue weighted by atomic mass is 15.2. The normalized spacial score (nSPS) is 33.9. The van der Waals surface area contributed by atoms with Gasteiger partial charge in [0.25, 0.3) is 0 Å². The van der Waals surface area contributed by atoms with E-state index in [1.807, 2.05) is 0 Å². The van der Waals surface area contributed by atoms with Crippen molar-refractivity contribution in [2.45, 2.75) is 82.7 Å². The molecule has 112 valence electrons. The monoisotopic (exact) mass is 266 g/mol. The number of likely N-dealkylation sites (N-methyl/N-ethyl adjacent to an activating group) is 1. The van der Waals surface area contributed by atoms with Crippen molar-refractivity contribution in [2.75, 3.05) is 14.1 Å². The van der Waals surface area contributed by atoms with Crippen LogP contribution in [-0.4, -0.2) is 30.6 Å². The number of rotatable bonds is 3. The molecule has 1 atom stereocenters. The zero-order valence-corrected chi connectivity index (χ0v) is 13.3. The molecule has 2 aliphatic carbocycles. The van der Waals surface area contributed by atoms with E-state index in [0.717, 1.165) is 11.8 Å². The molecule has 2 nitrogen and oxygen atoms in total. The molecule has 2 saturated carbocycles. The largest absolute Gasteiger partial charge is 0.326 e. The number of hydrogen-bond donors (Lipinski definition) is 1. The van der Waals surface area contributed by atoms with Crippen LogP contribution in [0.3, 0.4) is 0 Å². The van der Waals surface area contributed by atoms with Crippen LogP contribution in [0.4, 0.5) is 0 Å². The second kappa shape index (κ2) is 6.58. The van der Waals surface area contributed by atoms with E-state index in [1.54, 1.807) is 0 Å². The topological polar surface area (TPSA) is 29.3 Å². The molecule has 2 aliphatic rings. The smallest absolute Gasteiger partial charge is 0.0357 e. The molecule has 1 unspecified atom stereocenters. The van der Waals surface area contributed by atoms with Gasteiger partial charge in [0.1, 0.15) is 0 Å². The lowest BCUT2D eigenvalue weighted by Crippen LogP contribution is -2.60. The van der Waals surface area contributed by atoms with Crippen molar-refractivity contribution >= 4 is 0 Å². The molecule has 2 fully saturated rings. The highest BCUT2D eigenvalue weighted by Crippen LogP contribution is 2.40. The third-order valence-electron chi connectivity index (χ3n) is 6.05. The molecule has 0 saturated heterocycles. The second-order valence-electron chi connectivity index (χ2n) is 7.46. The van der Waals surface area contributed by atoms with Gasteiger partial charge in [-0.1, -0.05) is 45.4 Å². The van der Waals surface area contributed by atoms with Crippen LogP contribution in [0.1, 0.15) is 71.1 Å². The van der Waals surface area contributed by atoms with E-state index >= 15 is 0 Å². The van der Waals surface area contributed by atoms with Crippen LogP contribution in [0.15, 0.2) is 0 Å². The summed E-state index contributed by atoms with van der Waals surface area (Å²) in [5.74, 6) is 1.68. The highest BCUT2D eigenvalue weighted by Gasteiger charge is 2.42. The van der Waals surface area contributed by atoms with Gasteiger partial charge in [-0.15, -0.1) is 0 Å². The highest BCUT2D eigenvalue weighted by molar-refractivity contribution is 5.01. The summed E-state index contributed by atoms with van der Waals surface area (Å²) in [5.41, 5.74) is 7.11. The minimum absolute atomic E-state index is 0.280. The first-order valence-electron chi connectivity index (χ1n) is 8.49. The van der Waals surface area contributed by atoms with Crippen LogP contribution in [0.25, 0.3) is 0 Å². The van der Waals surface area contributed by atoms with Crippen LogP contribution in [-0.2, 0) is 0 Å². The summed E-state index contributed by atoms with van der Waals surface area (Å²) in [7, 11) is 4.52. The van der Waals surface area contributed by atoms with Crippen LogP contribution < -0.4 is 5.73 Å². The Balaban J connectivity index is 2.09. The van der Waals surface area contributed by atoms with Crippen LogP contribution >= 0.6 is 0 Å². The Labute approximate surface area is 120 Å². The van der Waals surface area contributed by atoms with Gasteiger partial charge < -0.3 is 10.6 Å². The molecular weight excluding hydrogens is 232 g/mol. The fourth-order valence-electron chi connectivity index (χ4n) is 4.50. The molecule has 0 aromatic rings. The maximum Gasteiger partial charge on any atom is 0.0357 e. The Morgan fingerprint density at radius 3 is 1.95 bits per heavy atom. The van der Waals surface area contributed by atoms with E-state index in [-0.39, 0.29) is 5.54 Å². The van der Waals surface area contributed by atoms with Crippen molar-refractivity contribution < 1.29 is 0 Å². The zero-order valence-electron chi connectivity index (χ0n) is 13.3. The first-order valence-corrected chi connectivity index (χ1v) is 8.49. The van der Waals surface area contributed by atoms with E-state index in [1.165, 1.54) is 64.2 Å². The molecule has 2 heteroatoms. The lowest BCUT2D eigenvalue weighted by molar-refractivity contribution is 0.0568. The van der Waals surface area contributed by atoms with Crippen molar-refractivity contribution in [2.24, 2.45) is 17.6 Å². The molecule has 0 spiro atoms. The van der Waals surface area contributed by atoms with Gasteiger partial charge >= 0.3 is 0 Å². The van der Waals surface area contributed by atoms with Crippen molar-refractivity contribution in [1.82, 2.24) is 4.90 Å². The van der Waals surface area contributed by atoms with Crippen LogP contribution in [0, 0.1) is 11.8 Å². The van der Waals surface area contributed by atoms with Gasteiger partial charge in [0.05, 0.1) is 0 Å². The third-order valence-corrected chi connectivity index (χ3v) is 6.05. The first-order chi connectivity index (χ1) is 9.06. The van der Waals surface area contributed by atoms with Gasteiger partial charge in [-0.2, -0.15) is 0 Å². The van der Waals surface area contributed by atoms with E-state index in [9.17, 15) is 0 Å². The SMILES string of the molecule is CC1CCC(C(N)C2(N(C)C)CCCCCC2)CC1. The van der Waals surface area contributed by atoms with Crippen molar-refractivity contribution in [3.05, 3.63) is 0 Å². The summed E-state index contributed by atoms with van der Waals surface area (Å²) in [6.45, 7) is 2.40. The molecule has 2 N–H and O–H groups in total. The summed E-state index contributed by atoms with van der Waals surface area (Å²) in [4.78, 5) is 2.47. The third kappa shape index (κ3) is 3.33.